The summed E-state index contributed by atoms with van der Waals surface area (Å²) in [5.74, 6) is 0. The highest BCUT2D eigenvalue weighted by atomic mass is 16.5. The lowest BCUT2D eigenvalue weighted by Crippen LogP contribution is -2.42. The fraction of sp³-hybridized carbons (Fsp3) is 1.00. The van der Waals surface area contributed by atoms with E-state index in [1.807, 2.05) is 7.11 Å². The first-order chi connectivity index (χ1) is 7.38. The highest BCUT2D eigenvalue weighted by molar-refractivity contribution is 4.82. The number of rotatable bonds is 3. The minimum atomic E-state index is 0.536. The monoisotopic (exact) mass is 211 g/mol. The minimum absolute atomic E-state index is 0.536. The number of ether oxygens (including phenoxy) is 1. The van der Waals surface area contributed by atoms with Gasteiger partial charge in [0.15, 0.2) is 0 Å². The zero-order valence-electron chi connectivity index (χ0n) is 10.0. The van der Waals surface area contributed by atoms with Gasteiger partial charge < -0.3 is 10.1 Å². The lowest BCUT2D eigenvalue weighted by atomic mass is 9.90. The molecule has 2 heteroatoms. The van der Waals surface area contributed by atoms with E-state index < -0.39 is 0 Å². The summed E-state index contributed by atoms with van der Waals surface area (Å²) in [6.07, 6.45) is 12.8. The molecule has 2 aliphatic carbocycles. The minimum Gasteiger partial charge on any atom is -0.381 e. The summed E-state index contributed by atoms with van der Waals surface area (Å²) >= 11 is 0. The summed E-state index contributed by atoms with van der Waals surface area (Å²) in [7, 11) is 1.85. The maximum Gasteiger partial charge on any atom is 0.0572 e. The highest BCUT2D eigenvalue weighted by Gasteiger charge is 2.23. The Labute approximate surface area is 93.8 Å². The zero-order valence-corrected chi connectivity index (χ0v) is 10.0. The first-order valence-electron chi connectivity index (χ1n) is 6.67. The maximum absolute atomic E-state index is 5.40. The van der Waals surface area contributed by atoms with Crippen molar-refractivity contribution in [1.29, 1.82) is 0 Å². The lowest BCUT2D eigenvalue weighted by molar-refractivity contribution is 0.0604. The van der Waals surface area contributed by atoms with E-state index in [0.717, 1.165) is 12.1 Å². The van der Waals surface area contributed by atoms with Crippen molar-refractivity contribution in [2.75, 3.05) is 7.11 Å². The molecule has 0 saturated heterocycles. The predicted molar refractivity (Wildman–Crippen MR) is 63.1 cm³/mol. The van der Waals surface area contributed by atoms with Gasteiger partial charge in [-0.1, -0.05) is 19.3 Å². The van der Waals surface area contributed by atoms with Gasteiger partial charge in [0.05, 0.1) is 6.10 Å². The third kappa shape index (κ3) is 3.46. The average molecular weight is 211 g/mol. The Balaban J connectivity index is 1.67. The summed E-state index contributed by atoms with van der Waals surface area (Å²) in [5.41, 5.74) is 0. The SMILES string of the molecule is CO[C@H]1CC[C@H](NC2CCCCC2)CC1. The first-order valence-corrected chi connectivity index (χ1v) is 6.67. The van der Waals surface area contributed by atoms with Gasteiger partial charge >= 0.3 is 0 Å². The van der Waals surface area contributed by atoms with Crippen molar-refractivity contribution in [2.45, 2.75) is 76.0 Å². The maximum atomic E-state index is 5.40. The van der Waals surface area contributed by atoms with Crippen LogP contribution >= 0.6 is 0 Å². The molecule has 0 amide bonds. The van der Waals surface area contributed by atoms with Crippen LogP contribution in [0.2, 0.25) is 0 Å². The normalized spacial score (nSPS) is 34.2. The second kappa shape index (κ2) is 5.86. The molecule has 0 spiro atoms. The smallest absolute Gasteiger partial charge is 0.0572 e. The predicted octanol–water partition coefficient (Wildman–Crippen LogP) is 2.87. The van der Waals surface area contributed by atoms with Crippen LogP contribution in [0.5, 0.6) is 0 Å². The van der Waals surface area contributed by atoms with E-state index in [0.29, 0.717) is 6.10 Å². The average Bonchev–Trinajstić information content (AvgIpc) is 2.31. The molecule has 0 unspecified atom stereocenters. The van der Waals surface area contributed by atoms with Gasteiger partial charge in [-0.15, -0.1) is 0 Å². The third-order valence-corrected chi connectivity index (χ3v) is 4.08. The molecule has 1 N–H and O–H groups in total. The van der Waals surface area contributed by atoms with Crippen LogP contribution in [0.25, 0.3) is 0 Å². The van der Waals surface area contributed by atoms with Crippen LogP contribution in [-0.2, 0) is 4.74 Å². The summed E-state index contributed by atoms with van der Waals surface area (Å²) in [4.78, 5) is 0. The standard InChI is InChI=1S/C13H25NO/c1-15-13-9-7-12(8-10-13)14-11-5-3-2-4-6-11/h11-14H,2-10H2,1H3/t12-,13-. The van der Waals surface area contributed by atoms with E-state index in [2.05, 4.69) is 5.32 Å². The van der Waals surface area contributed by atoms with Crippen molar-refractivity contribution in [1.82, 2.24) is 5.32 Å². The largest absolute Gasteiger partial charge is 0.381 e. The number of nitrogens with one attached hydrogen (secondary N) is 1. The number of hydrogen-bond donors (Lipinski definition) is 1. The molecule has 0 aromatic rings. The van der Waals surface area contributed by atoms with Gasteiger partial charge in [0.2, 0.25) is 0 Å². The Hall–Kier alpha value is -0.0800. The molecule has 2 rings (SSSR count). The van der Waals surface area contributed by atoms with E-state index in [4.69, 9.17) is 4.74 Å². The fourth-order valence-electron chi connectivity index (χ4n) is 3.07. The Morgan fingerprint density at radius 1 is 0.800 bits per heavy atom. The van der Waals surface area contributed by atoms with E-state index in [1.165, 1.54) is 57.8 Å². The Bertz CT molecular complexity index is 169. The molecular weight excluding hydrogens is 186 g/mol. The molecule has 0 atom stereocenters. The van der Waals surface area contributed by atoms with Gasteiger partial charge in [0.1, 0.15) is 0 Å². The molecule has 88 valence electrons. The van der Waals surface area contributed by atoms with Crippen molar-refractivity contribution < 1.29 is 4.74 Å². The van der Waals surface area contributed by atoms with E-state index >= 15 is 0 Å². The highest BCUT2D eigenvalue weighted by Crippen LogP contribution is 2.24. The topological polar surface area (TPSA) is 21.3 Å². The molecule has 2 saturated carbocycles. The summed E-state index contributed by atoms with van der Waals surface area (Å²) in [5, 5.41) is 3.85. The molecule has 0 heterocycles. The van der Waals surface area contributed by atoms with Crippen LogP contribution in [-0.4, -0.2) is 25.3 Å². The van der Waals surface area contributed by atoms with Crippen molar-refractivity contribution in [3.63, 3.8) is 0 Å². The number of hydrogen-bond acceptors (Lipinski definition) is 2. The molecule has 0 aromatic carbocycles. The van der Waals surface area contributed by atoms with Gasteiger partial charge in [-0.05, 0) is 38.5 Å². The molecule has 0 aromatic heterocycles. The van der Waals surface area contributed by atoms with Crippen LogP contribution in [0.3, 0.4) is 0 Å². The number of methoxy groups -OCH3 is 1. The van der Waals surface area contributed by atoms with Crippen LogP contribution in [0.15, 0.2) is 0 Å². The molecule has 0 bridgehead atoms. The van der Waals surface area contributed by atoms with Gasteiger partial charge in [-0.2, -0.15) is 0 Å². The zero-order chi connectivity index (χ0) is 10.5. The van der Waals surface area contributed by atoms with Gasteiger partial charge in [-0.3, -0.25) is 0 Å². The molecule has 15 heavy (non-hydrogen) atoms. The van der Waals surface area contributed by atoms with Crippen molar-refractivity contribution >= 4 is 0 Å². The van der Waals surface area contributed by atoms with Gasteiger partial charge in [0.25, 0.3) is 0 Å². The Morgan fingerprint density at radius 2 is 1.40 bits per heavy atom. The van der Waals surface area contributed by atoms with Crippen molar-refractivity contribution in [3.8, 4) is 0 Å². The summed E-state index contributed by atoms with van der Waals surface area (Å²) in [6, 6.07) is 1.60. The fourth-order valence-corrected chi connectivity index (χ4v) is 3.07. The Morgan fingerprint density at radius 3 is 2.00 bits per heavy atom. The molecule has 0 radical (unpaired) electrons. The van der Waals surface area contributed by atoms with Crippen LogP contribution in [0.1, 0.15) is 57.8 Å². The lowest BCUT2D eigenvalue weighted by Gasteiger charge is -2.33. The summed E-state index contributed by atoms with van der Waals surface area (Å²) in [6.45, 7) is 0. The molecule has 2 fully saturated rings. The quantitative estimate of drug-likeness (QED) is 0.775. The molecule has 2 aliphatic rings. The second-order valence-electron chi connectivity index (χ2n) is 5.21. The van der Waals surface area contributed by atoms with E-state index in [1.54, 1.807) is 0 Å². The van der Waals surface area contributed by atoms with Crippen LogP contribution in [0, 0.1) is 0 Å². The summed E-state index contributed by atoms with van der Waals surface area (Å²) < 4.78 is 5.40. The van der Waals surface area contributed by atoms with Gasteiger partial charge in [0, 0.05) is 19.2 Å². The molecule has 0 aliphatic heterocycles. The third-order valence-electron chi connectivity index (χ3n) is 4.08. The first kappa shape index (κ1) is 11.4. The molecule has 2 nitrogen and oxygen atoms in total. The van der Waals surface area contributed by atoms with E-state index in [-0.39, 0.29) is 0 Å². The van der Waals surface area contributed by atoms with Crippen molar-refractivity contribution in [2.24, 2.45) is 0 Å². The second-order valence-corrected chi connectivity index (χ2v) is 5.21. The van der Waals surface area contributed by atoms with E-state index in [9.17, 15) is 0 Å². The van der Waals surface area contributed by atoms with Crippen LogP contribution in [0.4, 0.5) is 0 Å². The van der Waals surface area contributed by atoms with Gasteiger partial charge in [-0.25, -0.2) is 0 Å². The molecular formula is C13H25NO. The van der Waals surface area contributed by atoms with Crippen LogP contribution < -0.4 is 5.32 Å². The Kier molecular flexibility index (Phi) is 4.45. The van der Waals surface area contributed by atoms with Crippen molar-refractivity contribution in [3.05, 3.63) is 0 Å².